The van der Waals surface area contributed by atoms with Gasteiger partial charge in [-0.05, 0) is 27.6 Å². The Morgan fingerprint density at radius 1 is 1.46 bits per heavy atom. The predicted octanol–water partition coefficient (Wildman–Crippen LogP) is 3.38. The Hall–Kier alpha value is -0.250. The van der Waals surface area contributed by atoms with Gasteiger partial charge in [-0.3, -0.25) is 4.79 Å². The maximum atomic E-state index is 10.4. The van der Waals surface area contributed by atoms with E-state index in [-0.39, 0.29) is 6.42 Å². The molecule has 0 spiro atoms. The van der Waals surface area contributed by atoms with Gasteiger partial charge < -0.3 is 5.11 Å². The van der Waals surface area contributed by atoms with Gasteiger partial charge in [0.05, 0.1) is 16.5 Å². The maximum Gasteiger partial charge on any atom is 0.307 e. The quantitative estimate of drug-likeness (QED) is 0.845. The average molecular weight is 284 g/mol. The van der Waals surface area contributed by atoms with Gasteiger partial charge in [-0.25, -0.2) is 0 Å². The van der Waals surface area contributed by atoms with Crippen molar-refractivity contribution in [3.8, 4) is 0 Å². The molecule has 0 saturated carbocycles. The molecule has 0 fully saturated rings. The van der Waals surface area contributed by atoms with Crippen molar-refractivity contribution in [1.29, 1.82) is 0 Å². The topological polar surface area (TPSA) is 37.3 Å². The Balaban J connectivity index is 3.10. The number of rotatable bonds is 2. The minimum atomic E-state index is -0.904. The van der Waals surface area contributed by atoms with E-state index >= 15 is 0 Å². The minimum Gasteiger partial charge on any atom is -0.481 e. The van der Waals surface area contributed by atoms with Crippen LogP contribution in [-0.4, -0.2) is 11.1 Å². The highest BCUT2D eigenvalue weighted by molar-refractivity contribution is 9.10. The Kier molecular flexibility index (Phi) is 3.59. The molecule has 1 aromatic rings. The first-order valence-electron chi connectivity index (χ1n) is 3.36. The zero-order valence-electron chi connectivity index (χ0n) is 6.35. The van der Waals surface area contributed by atoms with E-state index in [4.69, 9.17) is 28.3 Å². The van der Waals surface area contributed by atoms with Crippen LogP contribution in [-0.2, 0) is 11.2 Å². The molecule has 70 valence electrons. The van der Waals surface area contributed by atoms with Crippen molar-refractivity contribution >= 4 is 45.1 Å². The third kappa shape index (κ3) is 2.59. The van der Waals surface area contributed by atoms with Crippen LogP contribution in [0.3, 0.4) is 0 Å². The van der Waals surface area contributed by atoms with Gasteiger partial charge in [0.25, 0.3) is 0 Å². The molecule has 2 nitrogen and oxygen atoms in total. The van der Waals surface area contributed by atoms with Crippen LogP contribution in [0.2, 0.25) is 10.0 Å². The molecule has 13 heavy (non-hydrogen) atoms. The van der Waals surface area contributed by atoms with Gasteiger partial charge >= 0.3 is 5.97 Å². The second kappa shape index (κ2) is 4.31. The number of halogens is 3. The molecule has 0 amide bonds. The summed E-state index contributed by atoms with van der Waals surface area (Å²) < 4.78 is 0.545. The van der Waals surface area contributed by atoms with Crippen molar-refractivity contribution in [2.24, 2.45) is 0 Å². The third-order valence-electron chi connectivity index (χ3n) is 1.46. The summed E-state index contributed by atoms with van der Waals surface area (Å²) in [5, 5.41) is 9.31. The third-order valence-corrected chi connectivity index (χ3v) is 3.40. The number of carbonyl (C=O) groups is 1. The van der Waals surface area contributed by atoms with Crippen molar-refractivity contribution in [2.75, 3.05) is 0 Å². The number of carboxylic acid groups (broad SMARTS) is 1. The first kappa shape index (κ1) is 10.8. The normalized spacial score (nSPS) is 10.1. The van der Waals surface area contributed by atoms with Gasteiger partial charge in [-0.15, -0.1) is 0 Å². The lowest BCUT2D eigenvalue weighted by atomic mass is 10.1. The van der Waals surface area contributed by atoms with Crippen molar-refractivity contribution in [2.45, 2.75) is 6.42 Å². The van der Waals surface area contributed by atoms with Crippen LogP contribution < -0.4 is 0 Å². The van der Waals surface area contributed by atoms with Crippen LogP contribution in [0.5, 0.6) is 0 Å². The second-order valence-electron chi connectivity index (χ2n) is 2.40. The standard InChI is InChI=1S/C8H5BrCl2O2/c9-7-4(3-6(12)13)1-2-5(10)8(7)11/h1-2H,3H2,(H,12,13). The minimum absolute atomic E-state index is 0.0720. The molecular formula is C8H5BrCl2O2. The SMILES string of the molecule is O=C(O)Cc1ccc(Cl)c(Cl)c1Br. The lowest BCUT2D eigenvalue weighted by molar-refractivity contribution is -0.136. The van der Waals surface area contributed by atoms with Gasteiger partial charge in [0.1, 0.15) is 0 Å². The molecule has 0 radical (unpaired) electrons. The molecule has 1 N–H and O–H groups in total. The molecule has 0 saturated heterocycles. The molecule has 1 aromatic carbocycles. The molecular weight excluding hydrogens is 279 g/mol. The number of aliphatic carboxylic acids is 1. The van der Waals surface area contributed by atoms with Crippen LogP contribution in [0.1, 0.15) is 5.56 Å². The van der Waals surface area contributed by atoms with Crippen LogP contribution in [0.15, 0.2) is 16.6 Å². The van der Waals surface area contributed by atoms with Crippen molar-refractivity contribution in [3.63, 3.8) is 0 Å². The Labute approximate surface area is 93.6 Å². The second-order valence-corrected chi connectivity index (χ2v) is 3.98. The number of benzene rings is 1. The Bertz CT molecular complexity index is 352. The largest absolute Gasteiger partial charge is 0.481 e. The van der Waals surface area contributed by atoms with Crippen LogP contribution >= 0.6 is 39.1 Å². The lowest BCUT2D eigenvalue weighted by Crippen LogP contribution is -2.00. The molecule has 0 aliphatic carbocycles. The molecule has 0 aliphatic heterocycles. The highest BCUT2D eigenvalue weighted by atomic mass is 79.9. The van der Waals surface area contributed by atoms with Crippen molar-refractivity contribution < 1.29 is 9.90 Å². The highest BCUT2D eigenvalue weighted by Crippen LogP contribution is 2.33. The van der Waals surface area contributed by atoms with Crippen LogP contribution in [0.25, 0.3) is 0 Å². The summed E-state index contributed by atoms with van der Waals surface area (Å²) in [5.74, 6) is -0.904. The fourth-order valence-electron chi connectivity index (χ4n) is 0.865. The van der Waals surface area contributed by atoms with Gasteiger partial charge in [0.2, 0.25) is 0 Å². The lowest BCUT2D eigenvalue weighted by Gasteiger charge is -2.04. The predicted molar refractivity (Wildman–Crippen MR) is 55.5 cm³/mol. The zero-order chi connectivity index (χ0) is 10.0. The molecule has 0 unspecified atom stereocenters. The number of hydrogen-bond donors (Lipinski definition) is 1. The Morgan fingerprint density at radius 3 is 2.62 bits per heavy atom. The molecule has 0 heterocycles. The van der Waals surface area contributed by atoms with Gasteiger partial charge in [0, 0.05) is 4.47 Å². The van der Waals surface area contributed by atoms with Gasteiger partial charge in [0.15, 0.2) is 0 Å². The van der Waals surface area contributed by atoms with E-state index in [1.165, 1.54) is 0 Å². The number of hydrogen-bond acceptors (Lipinski definition) is 1. The summed E-state index contributed by atoms with van der Waals surface area (Å²) in [7, 11) is 0. The Morgan fingerprint density at radius 2 is 2.08 bits per heavy atom. The van der Waals surface area contributed by atoms with E-state index in [1.54, 1.807) is 12.1 Å². The van der Waals surface area contributed by atoms with E-state index in [2.05, 4.69) is 15.9 Å². The first-order chi connectivity index (χ1) is 6.02. The monoisotopic (exact) mass is 282 g/mol. The fraction of sp³-hybridized carbons (Fsp3) is 0.125. The van der Waals surface area contributed by atoms with E-state index in [0.717, 1.165) is 0 Å². The zero-order valence-corrected chi connectivity index (χ0v) is 9.45. The molecule has 1 rings (SSSR count). The van der Waals surface area contributed by atoms with Crippen molar-refractivity contribution in [1.82, 2.24) is 0 Å². The van der Waals surface area contributed by atoms with Crippen LogP contribution in [0.4, 0.5) is 0 Å². The first-order valence-corrected chi connectivity index (χ1v) is 4.91. The summed E-state index contributed by atoms with van der Waals surface area (Å²) in [4.78, 5) is 10.4. The fourth-order valence-corrected chi connectivity index (χ4v) is 1.81. The van der Waals surface area contributed by atoms with E-state index in [1.807, 2.05) is 0 Å². The molecule has 0 atom stereocenters. The average Bonchev–Trinajstić information content (AvgIpc) is 2.06. The van der Waals surface area contributed by atoms with E-state index < -0.39 is 5.97 Å². The molecule has 0 aliphatic rings. The van der Waals surface area contributed by atoms with E-state index in [9.17, 15) is 4.79 Å². The summed E-state index contributed by atoms with van der Waals surface area (Å²) in [6.07, 6.45) is -0.0720. The van der Waals surface area contributed by atoms with Crippen molar-refractivity contribution in [3.05, 3.63) is 32.2 Å². The van der Waals surface area contributed by atoms with Crippen LogP contribution in [0, 0.1) is 0 Å². The van der Waals surface area contributed by atoms with Gasteiger partial charge in [-0.2, -0.15) is 0 Å². The summed E-state index contributed by atoms with van der Waals surface area (Å²) in [6, 6.07) is 3.21. The van der Waals surface area contributed by atoms with E-state index in [0.29, 0.717) is 20.1 Å². The highest BCUT2D eigenvalue weighted by Gasteiger charge is 2.10. The number of carboxylic acids is 1. The molecule has 5 heteroatoms. The summed E-state index contributed by atoms with van der Waals surface area (Å²) in [6.45, 7) is 0. The van der Waals surface area contributed by atoms with Gasteiger partial charge in [-0.1, -0.05) is 29.3 Å². The smallest absolute Gasteiger partial charge is 0.307 e. The summed E-state index contributed by atoms with van der Waals surface area (Å²) >= 11 is 14.7. The molecule has 0 bridgehead atoms. The summed E-state index contributed by atoms with van der Waals surface area (Å²) in [5.41, 5.74) is 0.613. The maximum absolute atomic E-state index is 10.4. The molecule has 0 aromatic heterocycles.